The first-order chi connectivity index (χ1) is 12.0. The van der Waals surface area contributed by atoms with Gasteiger partial charge in [0.1, 0.15) is 0 Å². The van der Waals surface area contributed by atoms with Gasteiger partial charge in [0.15, 0.2) is 0 Å². The number of aryl methyl sites for hydroxylation is 2. The molecule has 0 radical (unpaired) electrons. The number of pyridine rings is 1. The van der Waals surface area contributed by atoms with Crippen molar-refractivity contribution in [2.75, 3.05) is 10.6 Å². The Balaban J connectivity index is 1.74. The summed E-state index contributed by atoms with van der Waals surface area (Å²) in [5.74, 6) is -0.185. The number of hydrogen-bond donors (Lipinski definition) is 2. The molecule has 3 aromatic rings. The topological polar surface area (TPSA) is 54.0 Å². The Morgan fingerprint density at radius 3 is 2.32 bits per heavy atom. The van der Waals surface area contributed by atoms with E-state index in [4.69, 9.17) is 0 Å². The zero-order valence-corrected chi connectivity index (χ0v) is 15.6. The van der Waals surface area contributed by atoms with Crippen molar-refractivity contribution in [3.05, 3.63) is 82.1 Å². The van der Waals surface area contributed by atoms with E-state index in [-0.39, 0.29) is 5.91 Å². The van der Waals surface area contributed by atoms with Crippen molar-refractivity contribution in [1.82, 2.24) is 4.98 Å². The molecule has 25 heavy (non-hydrogen) atoms. The Bertz CT molecular complexity index is 907. The van der Waals surface area contributed by atoms with E-state index in [0.717, 1.165) is 27.1 Å². The molecule has 0 aliphatic rings. The van der Waals surface area contributed by atoms with Crippen LogP contribution in [0.15, 0.2) is 65.4 Å². The summed E-state index contributed by atoms with van der Waals surface area (Å²) in [6.45, 7) is 4.07. The summed E-state index contributed by atoms with van der Waals surface area (Å²) in [7, 11) is 0. The van der Waals surface area contributed by atoms with Crippen LogP contribution in [0.5, 0.6) is 0 Å². The summed E-state index contributed by atoms with van der Waals surface area (Å²) >= 11 is 3.41. The third-order valence-corrected chi connectivity index (χ3v) is 4.43. The molecule has 0 saturated heterocycles. The molecule has 0 bridgehead atoms. The van der Waals surface area contributed by atoms with Crippen molar-refractivity contribution < 1.29 is 4.79 Å². The van der Waals surface area contributed by atoms with Crippen molar-refractivity contribution in [3.63, 3.8) is 0 Å². The minimum absolute atomic E-state index is 0.185. The van der Waals surface area contributed by atoms with Gasteiger partial charge in [0.2, 0.25) is 0 Å². The van der Waals surface area contributed by atoms with E-state index in [9.17, 15) is 4.79 Å². The average molecular weight is 396 g/mol. The molecule has 0 unspecified atom stereocenters. The lowest BCUT2D eigenvalue weighted by Crippen LogP contribution is -2.12. The molecule has 5 heteroatoms. The highest BCUT2D eigenvalue weighted by Gasteiger charge is 2.08. The number of nitrogens with one attached hydrogen (secondary N) is 2. The van der Waals surface area contributed by atoms with Gasteiger partial charge in [0, 0.05) is 22.0 Å². The molecular formula is C20H18BrN3O. The van der Waals surface area contributed by atoms with Crippen LogP contribution < -0.4 is 10.6 Å². The zero-order valence-electron chi connectivity index (χ0n) is 14.0. The second kappa shape index (κ2) is 7.49. The number of anilines is 3. The summed E-state index contributed by atoms with van der Waals surface area (Å²) < 4.78 is 1.01. The summed E-state index contributed by atoms with van der Waals surface area (Å²) in [6, 6.07) is 15.4. The minimum Gasteiger partial charge on any atom is -0.354 e. The highest BCUT2D eigenvalue weighted by molar-refractivity contribution is 9.10. The van der Waals surface area contributed by atoms with Crippen LogP contribution in [0.3, 0.4) is 0 Å². The Morgan fingerprint density at radius 2 is 1.60 bits per heavy atom. The van der Waals surface area contributed by atoms with Gasteiger partial charge in [-0.25, -0.2) is 0 Å². The van der Waals surface area contributed by atoms with Gasteiger partial charge >= 0.3 is 0 Å². The van der Waals surface area contributed by atoms with Crippen LogP contribution in [0.4, 0.5) is 17.1 Å². The lowest BCUT2D eigenvalue weighted by molar-refractivity contribution is 0.102. The number of hydrogen-bond acceptors (Lipinski definition) is 3. The van der Waals surface area contributed by atoms with Gasteiger partial charge in [-0.3, -0.25) is 9.78 Å². The molecule has 2 aromatic carbocycles. The summed E-state index contributed by atoms with van der Waals surface area (Å²) in [5, 5.41) is 6.16. The van der Waals surface area contributed by atoms with Crippen molar-refractivity contribution in [2.45, 2.75) is 13.8 Å². The molecule has 0 atom stereocenters. The Hall–Kier alpha value is -2.66. The monoisotopic (exact) mass is 395 g/mol. The van der Waals surface area contributed by atoms with E-state index in [1.165, 1.54) is 5.56 Å². The number of carbonyl (C=O) groups excluding carboxylic acids is 1. The second-order valence-electron chi connectivity index (χ2n) is 5.85. The number of halogens is 1. The SMILES string of the molecule is Cc1ccc(NC(=O)c2cncc(Nc3ccc(Br)cc3)c2)cc1C. The Kier molecular flexibility index (Phi) is 5.14. The van der Waals surface area contributed by atoms with E-state index >= 15 is 0 Å². The number of benzene rings is 2. The maximum atomic E-state index is 12.5. The Morgan fingerprint density at radius 1 is 0.880 bits per heavy atom. The predicted molar refractivity (Wildman–Crippen MR) is 106 cm³/mol. The van der Waals surface area contributed by atoms with Crippen molar-refractivity contribution >= 4 is 38.9 Å². The first-order valence-corrected chi connectivity index (χ1v) is 8.67. The lowest BCUT2D eigenvalue weighted by Gasteiger charge is -2.10. The molecule has 0 aliphatic carbocycles. The first-order valence-electron chi connectivity index (χ1n) is 7.87. The molecule has 1 heterocycles. The highest BCUT2D eigenvalue weighted by Crippen LogP contribution is 2.20. The van der Waals surface area contributed by atoms with Gasteiger partial charge in [0.25, 0.3) is 5.91 Å². The van der Waals surface area contributed by atoms with Gasteiger partial charge in [0.05, 0.1) is 17.4 Å². The molecule has 0 aliphatic heterocycles. The molecule has 0 fully saturated rings. The van der Waals surface area contributed by atoms with Crippen molar-refractivity contribution in [3.8, 4) is 0 Å². The maximum Gasteiger partial charge on any atom is 0.257 e. The Labute approximate surface area is 155 Å². The van der Waals surface area contributed by atoms with Gasteiger partial charge < -0.3 is 10.6 Å². The molecular weight excluding hydrogens is 378 g/mol. The van der Waals surface area contributed by atoms with E-state index < -0.39 is 0 Å². The van der Waals surface area contributed by atoms with Crippen LogP contribution in [0, 0.1) is 13.8 Å². The van der Waals surface area contributed by atoms with Gasteiger partial charge in [-0.15, -0.1) is 0 Å². The van der Waals surface area contributed by atoms with Crippen LogP contribution in [0.2, 0.25) is 0 Å². The molecule has 126 valence electrons. The highest BCUT2D eigenvalue weighted by atomic mass is 79.9. The van der Waals surface area contributed by atoms with Gasteiger partial charge in [-0.2, -0.15) is 0 Å². The van der Waals surface area contributed by atoms with Gasteiger partial charge in [-0.1, -0.05) is 22.0 Å². The number of carbonyl (C=O) groups is 1. The minimum atomic E-state index is -0.185. The molecule has 1 aromatic heterocycles. The van der Waals surface area contributed by atoms with Gasteiger partial charge in [-0.05, 0) is 67.4 Å². The van der Waals surface area contributed by atoms with E-state index in [1.54, 1.807) is 18.5 Å². The average Bonchev–Trinajstić information content (AvgIpc) is 2.60. The smallest absolute Gasteiger partial charge is 0.257 e. The number of amides is 1. The summed E-state index contributed by atoms with van der Waals surface area (Å²) in [6.07, 6.45) is 3.25. The van der Waals surface area contributed by atoms with Crippen LogP contribution >= 0.6 is 15.9 Å². The molecule has 0 spiro atoms. The standard InChI is InChI=1S/C20H18BrN3O/c1-13-3-6-18(9-14(13)2)24-20(25)15-10-19(12-22-11-15)23-17-7-4-16(21)5-8-17/h3-12,23H,1-2H3,(H,24,25). The molecule has 3 rings (SSSR count). The normalized spacial score (nSPS) is 10.4. The van der Waals surface area contributed by atoms with E-state index in [2.05, 4.69) is 31.5 Å². The quantitative estimate of drug-likeness (QED) is 0.616. The maximum absolute atomic E-state index is 12.5. The van der Waals surface area contributed by atoms with Crippen molar-refractivity contribution in [1.29, 1.82) is 0 Å². The third kappa shape index (κ3) is 4.45. The van der Waals surface area contributed by atoms with Crippen LogP contribution in [-0.4, -0.2) is 10.9 Å². The number of nitrogens with zero attached hydrogens (tertiary/aromatic N) is 1. The molecule has 2 N–H and O–H groups in total. The molecule has 1 amide bonds. The van der Waals surface area contributed by atoms with E-state index in [0.29, 0.717) is 5.56 Å². The largest absolute Gasteiger partial charge is 0.354 e. The number of aromatic nitrogens is 1. The number of rotatable bonds is 4. The zero-order chi connectivity index (χ0) is 17.8. The van der Waals surface area contributed by atoms with Crippen molar-refractivity contribution in [2.24, 2.45) is 0 Å². The molecule has 0 saturated carbocycles. The fourth-order valence-electron chi connectivity index (χ4n) is 2.35. The van der Waals surface area contributed by atoms with E-state index in [1.807, 2.05) is 56.3 Å². The second-order valence-corrected chi connectivity index (χ2v) is 6.76. The van der Waals surface area contributed by atoms with Crippen LogP contribution in [-0.2, 0) is 0 Å². The predicted octanol–water partition coefficient (Wildman–Crippen LogP) is 5.46. The fourth-order valence-corrected chi connectivity index (χ4v) is 2.62. The fraction of sp³-hybridized carbons (Fsp3) is 0.100. The molecule has 4 nitrogen and oxygen atoms in total. The first kappa shape index (κ1) is 17.2. The third-order valence-electron chi connectivity index (χ3n) is 3.90. The summed E-state index contributed by atoms with van der Waals surface area (Å²) in [4.78, 5) is 16.6. The van der Waals surface area contributed by atoms with Crippen LogP contribution in [0.1, 0.15) is 21.5 Å². The summed E-state index contributed by atoms with van der Waals surface area (Å²) in [5.41, 5.74) is 5.30. The van der Waals surface area contributed by atoms with Crippen LogP contribution in [0.25, 0.3) is 0 Å². The lowest BCUT2D eigenvalue weighted by atomic mass is 10.1.